The summed E-state index contributed by atoms with van der Waals surface area (Å²) in [4.78, 5) is 4.36. The lowest BCUT2D eigenvalue weighted by Gasteiger charge is -2.19. The van der Waals surface area contributed by atoms with Crippen molar-refractivity contribution in [2.45, 2.75) is 67.0 Å². The van der Waals surface area contributed by atoms with E-state index in [0.717, 1.165) is 23.1 Å². The number of allylic oxidation sites excluding steroid dienone is 9. The van der Waals surface area contributed by atoms with Crippen molar-refractivity contribution in [3.63, 3.8) is 0 Å². The smallest absolute Gasteiger partial charge is 0.264 e. The van der Waals surface area contributed by atoms with Gasteiger partial charge in [-0.25, -0.2) is 0 Å². The highest BCUT2D eigenvalue weighted by molar-refractivity contribution is 5.79. The molecule has 1 atom stereocenters. The maximum atomic E-state index is 13.4. The minimum absolute atomic E-state index is 0.0355. The summed E-state index contributed by atoms with van der Waals surface area (Å²) in [6, 6.07) is 0. The molecule has 4 heteroatoms. The number of hydrogen-bond donors (Lipinski definition) is 0. The SMILES string of the molecule is CCC1=C/C(C(/C)=C/N=C\C(C)=C(\C)CC)=C\C(C)C\C=C\1C(F)(F)F. The second kappa shape index (κ2) is 9.75. The van der Waals surface area contributed by atoms with E-state index in [-0.39, 0.29) is 5.92 Å². The zero-order valence-corrected chi connectivity index (χ0v) is 16.7. The molecule has 0 spiro atoms. The molecule has 0 amide bonds. The van der Waals surface area contributed by atoms with Crippen LogP contribution in [0.3, 0.4) is 0 Å². The molecule has 0 aromatic rings. The van der Waals surface area contributed by atoms with Crippen LogP contribution >= 0.6 is 0 Å². The van der Waals surface area contributed by atoms with Gasteiger partial charge in [0.25, 0.3) is 0 Å². The fourth-order valence-electron chi connectivity index (χ4n) is 2.68. The average Bonchev–Trinajstić information content (AvgIpc) is 2.55. The van der Waals surface area contributed by atoms with Crippen molar-refractivity contribution in [1.29, 1.82) is 0 Å². The van der Waals surface area contributed by atoms with Gasteiger partial charge in [-0.05, 0) is 68.2 Å². The number of aliphatic imine (C=N–C) groups is 1. The van der Waals surface area contributed by atoms with Crippen LogP contribution in [0.25, 0.3) is 0 Å². The standard InChI is InChI=1S/C22H30F3N/c1-7-16(4)17(5)13-26-14-18(6)20-11-15(3)9-10-21(22(23,24)25)19(8-2)12-20/h10-15H,7-9H2,1-6H3/b17-16-,18-14+,19-12-,20-11+,21-10-,26-13-. The first-order chi connectivity index (χ1) is 12.1. The second-order valence-electron chi connectivity index (χ2n) is 6.88. The Morgan fingerprint density at radius 1 is 1.23 bits per heavy atom. The van der Waals surface area contributed by atoms with E-state index in [1.165, 1.54) is 11.6 Å². The summed E-state index contributed by atoms with van der Waals surface area (Å²) in [7, 11) is 0. The minimum atomic E-state index is -4.32. The molecule has 0 bridgehead atoms. The van der Waals surface area contributed by atoms with E-state index in [4.69, 9.17) is 0 Å². The lowest BCUT2D eigenvalue weighted by molar-refractivity contribution is -0.0898. The Balaban J connectivity index is 3.24. The van der Waals surface area contributed by atoms with Gasteiger partial charge in [-0.1, -0.05) is 44.6 Å². The molecule has 1 unspecified atom stereocenters. The molecule has 0 aromatic heterocycles. The first kappa shape index (κ1) is 22.2. The lowest BCUT2D eigenvalue weighted by atomic mass is 9.90. The van der Waals surface area contributed by atoms with Gasteiger partial charge in [0.15, 0.2) is 0 Å². The van der Waals surface area contributed by atoms with E-state index in [1.807, 2.05) is 26.8 Å². The van der Waals surface area contributed by atoms with Gasteiger partial charge in [0, 0.05) is 12.4 Å². The molecule has 0 aromatic carbocycles. The molecule has 1 rings (SSSR count). The summed E-state index contributed by atoms with van der Waals surface area (Å²) in [6.07, 6.45) is 5.92. The van der Waals surface area contributed by atoms with Crippen molar-refractivity contribution in [3.05, 3.63) is 57.9 Å². The third-order valence-electron chi connectivity index (χ3n) is 4.72. The number of rotatable bonds is 5. The van der Waals surface area contributed by atoms with Gasteiger partial charge < -0.3 is 0 Å². The number of nitrogens with zero attached hydrogens (tertiary/aromatic N) is 1. The molecule has 0 heterocycles. The van der Waals surface area contributed by atoms with Crippen molar-refractivity contribution >= 4 is 6.21 Å². The van der Waals surface area contributed by atoms with E-state index >= 15 is 0 Å². The van der Waals surface area contributed by atoms with E-state index in [0.29, 0.717) is 18.4 Å². The average molecular weight is 365 g/mol. The zero-order valence-electron chi connectivity index (χ0n) is 16.7. The molecule has 26 heavy (non-hydrogen) atoms. The van der Waals surface area contributed by atoms with Gasteiger partial charge in [-0.15, -0.1) is 0 Å². The summed E-state index contributed by atoms with van der Waals surface area (Å²) >= 11 is 0. The van der Waals surface area contributed by atoms with Gasteiger partial charge in [-0.3, -0.25) is 4.99 Å². The van der Waals surface area contributed by atoms with Crippen molar-refractivity contribution in [1.82, 2.24) is 0 Å². The summed E-state index contributed by atoms with van der Waals surface area (Å²) in [5.41, 5.74) is 3.88. The van der Waals surface area contributed by atoms with E-state index in [1.54, 1.807) is 25.4 Å². The summed E-state index contributed by atoms with van der Waals surface area (Å²) in [6.45, 7) is 11.8. The predicted molar refractivity (Wildman–Crippen MR) is 105 cm³/mol. The van der Waals surface area contributed by atoms with Gasteiger partial charge in [-0.2, -0.15) is 13.2 Å². The molecular weight excluding hydrogens is 335 g/mol. The Hall–Kier alpha value is -1.84. The fourth-order valence-corrected chi connectivity index (χ4v) is 2.68. The molecular formula is C22H30F3N. The molecule has 0 fully saturated rings. The summed E-state index contributed by atoms with van der Waals surface area (Å²) in [5.74, 6) is 0.0355. The van der Waals surface area contributed by atoms with Crippen LogP contribution in [-0.2, 0) is 0 Å². The lowest BCUT2D eigenvalue weighted by Crippen LogP contribution is -2.15. The van der Waals surface area contributed by atoms with Gasteiger partial charge in [0.2, 0.25) is 0 Å². The number of halogens is 3. The number of hydrogen-bond acceptors (Lipinski definition) is 1. The fraction of sp³-hybridized carbons (Fsp3) is 0.500. The van der Waals surface area contributed by atoms with Crippen LogP contribution in [0, 0.1) is 5.92 Å². The summed E-state index contributed by atoms with van der Waals surface area (Å²) < 4.78 is 40.1. The third-order valence-corrected chi connectivity index (χ3v) is 4.72. The highest BCUT2D eigenvalue weighted by Crippen LogP contribution is 2.36. The van der Waals surface area contributed by atoms with Crippen LogP contribution in [0.1, 0.15) is 60.8 Å². The topological polar surface area (TPSA) is 12.4 Å². The second-order valence-corrected chi connectivity index (χ2v) is 6.88. The van der Waals surface area contributed by atoms with Crippen LogP contribution in [-0.4, -0.2) is 12.4 Å². The predicted octanol–water partition coefficient (Wildman–Crippen LogP) is 7.50. The maximum absolute atomic E-state index is 13.4. The Labute approximate surface area is 155 Å². The molecule has 0 N–H and O–H groups in total. The number of alkyl halides is 3. The maximum Gasteiger partial charge on any atom is 0.416 e. The van der Waals surface area contributed by atoms with Crippen LogP contribution in [0.5, 0.6) is 0 Å². The molecule has 0 aliphatic heterocycles. The molecule has 0 saturated heterocycles. The van der Waals surface area contributed by atoms with Crippen molar-refractivity contribution in [2.24, 2.45) is 10.9 Å². The Morgan fingerprint density at radius 3 is 2.42 bits per heavy atom. The first-order valence-electron chi connectivity index (χ1n) is 9.16. The van der Waals surface area contributed by atoms with Crippen LogP contribution in [0.4, 0.5) is 13.2 Å². The van der Waals surface area contributed by atoms with Crippen LogP contribution in [0.2, 0.25) is 0 Å². The minimum Gasteiger partial charge on any atom is -0.264 e. The monoisotopic (exact) mass is 365 g/mol. The Bertz CT molecular complexity index is 683. The molecule has 0 saturated carbocycles. The first-order valence-corrected chi connectivity index (χ1v) is 9.16. The Morgan fingerprint density at radius 2 is 1.88 bits per heavy atom. The molecule has 1 nitrogen and oxygen atoms in total. The van der Waals surface area contributed by atoms with E-state index in [9.17, 15) is 13.2 Å². The van der Waals surface area contributed by atoms with E-state index in [2.05, 4.69) is 18.8 Å². The van der Waals surface area contributed by atoms with Gasteiger partial charge in [0.1, 0.15) is 0 Å². The molecule has 0 radical (unpaired) electrons. The largest absolute Gasteiger partial charge is 0.416 e. The molecule has 144 valence electrons. The third kappa shape index (κ3) is 6.47. The molecule has 1 aliphatic rings. The van der Waals surface area contributed by atoms with Crippen molar-refractivity contribution in [3.8, 4) is 0 Å². The van der Waals surface area contributed by atoms with Crippen molar-refractivity contribution < 1.29 is 13.2 Å². The van der Waals surface area contributed by atoms with Crippen molar-refractivity contribution in [2.75, 3.05) is 0 Å². The van der Waals surface area contributed by atoms with Gasteiger partial charge in [0.05, 0.1) is 5.57 Å². The summed E-state index contributed by atoms with van der Waals surface area (Å²) in [5, 5.41) is 0. The highest BCUT2D eigenvalue weighted by atomic mass is 19.4. The quantitative estimate of drug-likeness (QED) is 0.447. The van der Waals surface area contributed by atoms with Crippen LogP contribution in [0.15, 0.2) is 62.9 Å². The Kier molecular flexibility index (Phi) is 8.32. The molecule has 1 aliphatic carbocycles. The van der Waals surface area contributed by atoms with Crippen LogP contribution < -0.4 is 0 Å². The highest BCUT2D eigenvalue weighted by Gasteiger charge is 2.35. The van der Waals surface area contributed by atoms with E-state index < -0.39 is 11.7 Å². The van der Waals surface area contributed by atoms with Gasteiger partial charge >= 0.3 is 6.18 Å². The zero-order chi connectivity index (χ0) is 19.9. The normalized spacial score (nSPS) is 26.9.